The van der Waals surface area contributed by atoms with Crippen LogP contribution in [0.15, 0.2) is 31.1 Å². The molecule has 2 saturated heterocycles. The standard InChI is InChI=1S/C23H30N7O19P3/c1-9(31)28-11-2-10(23(35)36)3-29(4-11)21-17(34)15(32)12(46-21)5-44-51(40,41)49-52(42,43)45-6-13-16(33)18(48-50(37,38)39)22(47-13)30-8-27-14-19(24)25-7-26-20(14)30/h2-4,7-8,12-13,15-18,21-22,32-34H,5-6H2,1H3,(H7-,24,25,26,28,31,35,36,37,38,39,40,41,42,43)/t12-,13+,15-,16+,17-,18+,21-,22+/m0/s1. The van der Waals surface area contributed by atoms with Gasteiger partial charge in [0.15, 0.2) is 36.2 Å². The average molecular weight is 801 g/mol. The number of carboxylic acids is 1. The first kappa shape index (κ1) is 39.8. The van der Waals surface area contributed by atoms with Crippen molar-refractivity contribution in [2.24, 2.45) is 0 Å². The van der Waals surface area contributed by atoms with Gasteiger partial charge in [-0.1, -0.05) is 0 Å². The van der Waals surface area contributed by atoms with E-state index in [4.69, 9.17) is 15.2 Å². The third-order valence-electron chi connectivity index (χ3n) is 7.32. The smallest absolute Gasteiger partial charge is 0.478 e. The highest BCUT2D eigenvalue weighted by Gasteiger charge is 2.51. The molecular formula is C23H30N7O19P3. The summed E-state index contributed by atoms with van der Waals surface area (Å²) in [5.74, 6) is -2.07. The van der Waals surface area contributed by atoms with Gasteiger partial charge in [-0.3, -0.25) is 23.0 Å². The van der Waals surface area contributed by atoms with Gasteiger partial charge in [0.2, 0.25) is 5.91 Å². The molecule has 26 nitrogen and oxygen atoms in total. The molecule has 0 aliphatic carbocycles. The van der Waals surface area contributed by atoms with E-state index in [0.717, 1.165) is 41.0 Å². The van der Waals surface area contributed by atoms with Crippen LogP contribution in [0.5, 0.6) is 0 Å². The largest absolute Gasteiger partial charge is 0.756 e. The average Bonchev–Trinajstić information content (AvgIpc) is 3.68. The van der Waals surface area contributed by atoms with Gasteiger partial charge < -0.3 is 65.0 Å². The Labute approximate surface area is 289 Å². The second-order valence-electron chi connectivity index (χ2n) is 11.1. The minimum Gasteiger partial charge on any atom is -0.756 e. The number of rotatable bonds is 14. The van der Waals surface area contributed by atoms with E-state index >= 15 is 0 Å². The summed E-state index contributed by atoms with van der Waals surface area (Å²) in [7, 11) is -16.8. The summed E-state index contributed by atoms with van der Waals surface area (Å²) in [6, 6.07) is 1.10. The van der Waals surface area contributed by atoms with Crippen molar-refractivity contribution in [3.8, 4) is 0 Å². The minimum absolute atomic E-state index is 0.0253. The summed E-state index contributed by atoms with van der Waals surface area (Å²) in [6.07, 6.45) is -9.81. The number of ether oxygens (including phenoxy) is 2. The van der Waals surface area contributed by atoms with Gasteiger partial charge >= 0.3 is 21.6 Å². The SMILES string of the molecule is CC(=O)Nc1cc(C(=O)O)c[n+]([C@H]2O[C@@H](COP(=O)(O)OP(=O)([O-])OC[C@H]3O[C@@H](n4cnc5c(N)ncnc54)[C@H](OP(=O)(O)O)[C@@H]3O)[C@H](O)[C@@H]2O)c1. The van der Waals surface area contributed by atoms with Crippen molar-refractivity contribution in [2.45, 2.75) is 56.0 Å². The second-order valence-corrected chi connectivity index (χ2v) is 15.3. The number of hydrogen-bond donors (Lipinski definition) is 9. The van der Waals surface area contributed by atoms with Crippen LogP contribution in [0.25, 0.3) is 11.2 Å². The molecule has 5 rings (SSSR count). The van der Waals surface area contributed by atoms with Crippen LogP contribution in [0.3, 0.4) is 0 Å². The van der Waals surface area contributed by atoms with Crippen molar-refractivity contribution in [3.05, 3.63) is 36.7 Å². The molecule has 2 fully saturated rings. The molecule has 0 spiro atoms. The normalized spacial score (nSPS) is 28.8. The predicted octanol–water partition coefficient (Wildman–Crippen LogP) is -2.97. The molecule has 2 aliphatic heterocycles. The lowest BCUT2D eigenvalue weighted by atomic mass is 10.1. The number of aromatic carboxylic acids is 1. The number of carbonyl (C=O) groups is 2. The van der Waals surface area contributed by atoms with E-state index in [2.05, 4.69) is 38.2 Å². The van der Waals surface area contributed by atoms with E-state index in [0.29, 0.717) is 0 Å². The zero-order chi connectivity index (χ0) is 38.3. The number of nitrogens with two attached hydrogens (primary N) is 1. The molecule has 10 atom stereocenters. The summed E-state index contributed by atoms with van der Waals surface area (Å²) < 4.78 is 67.8. The number of carbonyl (C=O) groups excluding carboxylic acids is 1. The number of imidazole rings is 1. The van der Waals surface area contributed by atoms with Crippen molar-refractivity contribution in [3.63, 3.8) is 0 Å². The number of nitrogens with one attached hydrogen (secondary N) is 1. The van der Waals surface area contributed by atoms with Gasteiger partial charge in [0.25, 0.3) is 14.1 Å². The predicted molar refractivity (Wildman–Crippen MR) is 161 cm³/mol. The topological polar surface area (TPSA) is 391 Å². The maximum Gasteiger partial charge on any atom is 0.478 e. The minimum atomic E-state index is -5.84. The molecule has 286 valence electrons. The first-order valence-electron chi connectivity index (χ1n) is 14.4. The van der Waals surface area contributed by atoms with Crippen LogP contribution in [0.4, 0.5) is 11.5 Å². The summed E-state index contributed by atoms with van der Waals surface area (Å²) >= 11 is 0. The summed E-state index contributed by atoms with van der Waals surface area (Å²) in [4.78, 5) is 76.1. The molecular weight excluding hydrogens is 771 g/mol. The summed E-state index contributed by atoms with van der Waals surface area (Å²) in [5, 5.41) is 43.5. The molecule has 0 radical (unpaired) electrons. The maximum absolute atomic E-state index is 12.6. The number of hydrogen-bond acceptors (Lipinski definition) is 19. The number of aliphatic hydroxyl groups excluding tert-OH is 3. The molecule has 52 heavy (non-hydrogen) atoms. The zero-order valence-corrected chi connectivity index (χ0v) is 28.8. The fourth-order valence-corrected chi connectivity index (χ4v) is 7.76. The number of carboxylic acid groups (broad SMARTS) is 1. The van der Waals surface area contributed by atoms with Crippen LogP contribution >= 0.6 is 23.5 Å². The first-order chi connectivity index (χ1) is 24.1. The lowest BCUT2D eigenvalue weighted by Crippen LogP contribution is -2.46. The summed E-state index contributed by atoms with van der Waals surface area (Å²) in [6.45, 7) is -1.11. The molecule has 0 aromatic carbocycles. The molecule has 29 heteroatoms. The van der Waals surface area contributed by atoms with Crippen molar-refractivity contribution in [2.75, 3.05) is 24.3 Å². The van der Waals surface area contributed by atoms with E-state index < -0.39 is 97.6 Å². The van der Waals surface area contributed by atoms with Crippen LogP contribution in [0.1, 0.15) is 29.7 Å². The Kier molecular flexibility index (Phi) is 11.6. The molecule has 10 N–H and O–H groups in total. The molecule has 5 heterocycles. The van der Waals surface area contributed by atoms with Gasteiger partial charge in [-0.2, -0.15) is 4.57 Å². The summed E-state index contributed by atoms with van der Waals surface area (Å²) in [5.41, 5.74) is 5.37. The highest BCUT2D eigenvalue weighted by Crippen LogP contribution is 2.58. The van der Waals surface area contributed by atoms with Crippen molar-refractivity contribution < 1.29 is 95.2 Å². The van der Waals surface area contributed by atoms with Crippen molar-refractivity contribution >= 4 is 58.0 Å². The second kappa shape index (κ2) is 15.2. The van der Waals surface area contributed by atoms with Gasteiger partial charge in [0, 0.05) is 6.92 Å². The van der Waals surface area contributed by atoms with Gasteiger partial charge in [0.05, 0.1) is 19.5 Å². The molecule has 2 unspecified atom stereocenters. The Morgan fingerprint density at radius 1 is 1.02 bits per heavy atom. The Bertz CT molecular complexity index is 1980. The van der Waals surface area contributed by atoms with Crippen LogP contribution in [0.2, 0.25) is 0 Å². The van der Waals surface area contributed by atoms with E-state index in [1.807, 2.05) is 0 Å². The molecule has 0 saturated carbocycles. The molecule has 2 aliphatic rings. The van der Waals surface area contributed by atoms with Gasteiger partial charge in [-0.05, 0) is 6.07 Å². The van der Waals surface area contributed by atoms with E-state index in [9.17, 15) is 63.3 Å². The Balaban J connectivity index is 1.22. The number of anilines is 2. The van der Waals surface area contributed by atoms with E-state index in [1.165, 1.54) is 6.20 Å². The number of nitrogen functional groups attached to an aromatic ring is 1. The molecule has 3 aromatic rings. The fourth-order valence-electron chi connectivity index (χ4n) is 5.16. The number of nitrogens with zero attached hydrogens (tertiary/aromatic N) is 5. The highest BCUT2D eigenvalue weighted by atomic mass is 31.3. The number of aliphatic hydroxyl groups is 3. The quantitative estimate of drug-likeness (QED) is 0.0580. The van der Waals surface area contributed by atoms with Crippen LogP contribution in [-0.4, -0.2) is 116 Å². The maximum atomic E-state index is 12.6. The zero-order valence-electron chi connectivity index (χ0n) is 26.1. The van der Waals surface area contributed by atoms with Crippen molar-refractivity contribution in [1.82, 2.24) is 19.5 Å². The van der Waals surface area contributed by atoms with E-state index in [-0.39, 0.29) is 28.2 Å². The number of aromatic nitrogens is 5. The third kappa shape index (κ3) is 9.21. The molecule has 3 aromatic heterocycles. The first-order valence-corrected chi connectivity index (χ1v) is 18.9. The van der Waals surface area contributed by atoms with Gasteiger partial charge in [0.1, 0.15) is 53.6 Å². The Morgan fingerprint density at radius 3 is 2.35 bits per heavy atom. The molecule has 1 amide bonds. The highest BCUT2D eigenvalue weighted by molar-refractivity contribution is 7.60. The Morgan fingerprint density at radius 2 is 1.69 bits per heavy atom. The van der Waals surface area contributed by atoms with Gasteiger partial charge in [-0.15, -0.1) is 0 Å². The van der Waals surface area contributed by atoms with E-state index in [1.54, 1.807) is 0 Å². The molecule has 0 bridgehead atoms. The third-order valence-corrected chi connectivity index (χ3v) is 10.4. The van der Waals surface area contributed by atoms with Crippen LogP contribution < -0.4 is 20.5 Å². The number of pyridine rings is 1. The number of fused-ring (bicyclic) bond motifs is 1. The number of amides is 1. The lowest BCUT2D eigenvalue weighted by molar-refractivity contribution is -0.765. The number of phosphoric acid groups is 3. The fraction of sp³-hybridized carbons (Fsp3) is 0.478. The van der Waals surface area contributed by atoms with Gasteiger partial charge in [-0.25, -0.2) is 33.2 Å². The lowest BCUT2D eigenvalue weighted by Gasteiger charge is -2.26. The monoisotopic (exact) mass is 801 g/mol. The van der Waals surface area contributed by atoms with Crippen LogP contribution in [0, 0.1) is 0 Å². The van der Waals surface area contributed by atoms with Crippen LogP contribution in [-0.2, 0) is 45.8 Å². The van der Waals surface area contributed by atoms with Crippen molar-refractivity contribution in [1.29, 1.82) is 0 Å². The Hall–Kier alpha value is -3.39. The number of phosphoric ester groups is 3.